The van der Waals surface area contributed by atoms with Gasteiger partial charge in [-0.2, -0.15) is 9.97 Å². The van der Waals surface area contributed by atoms with Gasteiger partial charge in [-0.3, -0.25) is 4.90 Å². The van der Waals surface area contributed by atoms with E-state index in [1.807, 2.05) is 0 Å². The summed E-state index contributed by atoms with van der Waals surface area (Å²) in [6.07, 6.45) is 3.74. The van der Waals surface area contributed by atoms with Gasteiger partial charge in [0.05, 0.1) is 6.33 Å². The number of fused-ring (bicyclic) bond motifs is 1. The first-order chi connectivity index (χ1) is 10.7. The van der Waals surface area contributed by atoms with Crippen LogP contribution in [0.2, 0.25) is 0 Å². The second-order valence-electron chi connectivity index (χ2n) is 6.19. The van der Waals surface area contributed by atoms with E-state index < -0.39 is 0 Å². The van der Waals surface area contributed by atoms with E-state index >= 15 is 0 Å². The Morgan fingerprint density at radius 1 is 1.27 bits per heavy atom. The molecule has 118 valence electrons. The molecule has 8 heteroatoms. The minimum Gasteiger partial charge on any atom is -0.381 e. The molecule has 0 aromatic carbocycles. The molecule has 0 amide bonds. The fourth-order valence-corrected chi connectivity index (χ4v) is 3.60. The Bertz CT molecular complexity index is 679. The molecule has 0 bridgehead atoms. The third-order valence-electron chi connectivity index (χ3n) is 5.01. The second kappa shape index (κ2) is 5.06. The van der Waals surface area contributed by atoms with E-state index in [0.717, 1.165) is 57.0 Å². The van der Waals surface area contributed by atoms with Gasteiger partial charge < -0.3 is 20.4 Å². The van der Waals surface area contributed by atoms with Crippen LogP contribution in [0.1, 0.15) is 12.8 Å². The summed E-state index contributed by atoms with van der Waals surface area (Å²) in [7, 11) is 2.21. The van der Waals surface area contributed by atoms with Gasteiger partial charge in [0.1, 0.15) is 5.52 Å². The van der Waals surface area contributed by atoms with Gasteiger partial charge in [0.25, 0.3) is 0 Å². The van der Waals surface area contributed by atoms with Crippen LogP contribution in [-0.2, 0) is 4.74 Å². The van der Waals surface area contributed by atoms with Crippen molar-refractivity contribution in [3.05, 3.63) is 6.33 Å². The van der Waals surface area contributed by atoms with Crippen LogP contribution in [0.3, 0.4) is 0 Å². The molecule has 2 saturated heterocycles. The molecule has 2 aliphatic rings. The van der Waals surface area contributed by atoms with Crippen LogP contribution in [0.25, 0.3) is 11.2 Å². The molecule has 0 saturated carbocycles. The standard InChI is InChI=1S/C14H21N7O/c1-20-4-5-21(8-14(20)2-6-22-7-3-14)12-10-11(17-9-16-10)18-13(15)19-12/h9H,2-8H2,1H3,(H3,15,16,17,18,19). The minimum atomic E-state index is 0.155. The molecule has 4 heterocycles. The van der Waals surface area contributed by atoms with Crippen LogP contribution < -0.4 is 10.6 Å². The Hall–Kier alpha value is -1.93. The third-order valence-corrected chi connectivity index (χ3v) is 5.01. The lowest BCUT2D eigenvalue weighted by Gasteiger charge is -2.51. The van der Waals surface area contributed by atoms with Crippen molar-refractivity contribution in [3.8, 4) is 0 Å². The molecule has 0 unspecified atom stereocenters. The van der Waals surface area contributed by atoms with Crippen LogP contribution in [0.5, 0.6) is 0 Å². The Morgan fingerprint density at radius 2 is 2.09 bits per heavy atom. The summed E-state index contributed by atoms with van der Waals surface area (Å²) in [6.45, 7) is 4.49. The van der Waals surface area contributed by atoms with E-state index in [0.29, 0.717) is 5.65 Å². The Labute approximate surface area is 128 Å². The number of nitrogens with one attached hydrogen (secondary N) is 1. The fourth-order valence-electron chi connectivity index (χ4n) is 3.60. The van der Waals surface area contributed by atoms with Gasteiger partial charge in [0.2, 0.25) is 5.95 Å². The summed E-state index contributed by atoms with van der Waals surface area (Å²) in [6, 6.07) is 0. The van der Waals surface area contributed by atoms with E-state index in [-0.39, 0.29) is 11.5 Å². The number of anilines is 2. The van der Waals surface area contributed by atoms with Gasteiger partial charge in [-0.1, -0.05) is 0 Å². The number of H-pyrrole nitrogens is 1. The van der Waals surface area contributed by atoms with Gasteiger partial charge in [0.15, 0.2) is 11.5 Å². The van der Waals surface area contributed by atoms with E-state index in [1.165, 1.54) is 0 Å². The molecule has 2 fully saturated rings. The highest BCUT2D eigenvalue weighted by atomic mass is 16.5. The highest BCUT2D eigenvalue weighted by Crippen LogP contribution is 2.33. The van der Waals surface area contributed by atoms with Crippen LogP contribution in [-0.4, -0.2) is 70.3 Å². The average molecular weight is 303 g/mol. The molecule has 2 aliphatic heterocycles. The van der Waals surface area contributed by atoms with E-state index in [9.17, 15) is 0 Å². The van der Waals surface area contributed by atoms with Gasteiger partial charge in [-0.25, -0.2) is 4.98 Å². The molecule has 8 nitrogen and oxygen atoms in total. The largest absolute Gasteiger partial charge is 0.381 e. The number of nitrogen functional groups attached to an aromatic ring is 1. The molecule has 2 aromatic heterocycles. The molecule has 2 aromatic rings. The molecular formula is C14H21N7O. The maximum atomic E-state index is 5.85. The molecule has 0 radical (unpaired) electrons. The van der Waals surface area contributed by atoms with Crippen LogP contribution >= 0.6 is 0 Å². The predicted molar refractivity (Wildman–Crippen MR) is 83.7 cm³/mol. The zero-order valence-electron chi connectivity index (χ0n) is 12.7. The lowest BCUT2D eigenvalue weighted by Crippen LogP contribution is -2.63. The smallest absolute Gasteiger partial charge is 0.224 e. The third kappa shape index (κ3) is 2.10. The van der Waals surface area contributed by atoms with Crippen molar-refractivity contribution in [2.75, 3.05) is 50.5 Å². The Morgan fingerprint density at radius 3 is 2.91 bits per heavy atom. The molecule has 0 aliphatic carbocycles. The fraction of sp³-hybridized carbons (Fsp3) is 0.643. The zero-order valence-corrected chi connectivity index (χ0v) is 12.7. The number of nitrogens with zero attached hydrogens (tertiary/aromatic N) is 5. The number of likely N-dealkylation sites (N-methyl/N-ethyl adjacent to an activating group) is 1. The van der Waals surface area contributed by atoms with Gasteiger partial charge in [-0.05, 0) is 19.9 Å². The number of aromatic amines is 1. The molecule has 22 heavy (non-hydrogen) atoms. The number of hydrogen-bond donors (Lipinski definition) is 2. The first kappa shape index (κ1) is 13.7. The molecule has 0 atom stereocenters. The van der Waals surface area contributed by atoms with Crippen LogP contribution in [0.15, 0.2) is 6.33 Å². The maximum absolute atomic E-state index is 5.85. The lowest BCUT2D eigenvalue weighted by molar-refractivity contribution is -0.0221. The first-order valence-electron chi connectivity index (χ1n) is 7.68. The molecule has 3 N–H and O–H groups in total. The number of imidazole rings is 1. The summed E-state index contributed by atoms with van der Waals surface area (Å²) in [5.74, 6) is 1.13. The van der Waals surface area contributed by atoms with E-state index in [2.05, 4.69) is 36.8 Å². The van der Waals surface area contributed by atoms with Crippen molar-refractivity contribution in [2.24, 2.45) is 0 Å². The highest BCUT2D eigenvalue weighted by molar-refractivity contribution is 5.84. The monoisotopic (exact) mass is 303 g/mol. The zero-order chi connectivity index (χ0) is 15.2. The van der Waals surface area contributed by atoms with Gasteiger partial charge >= 0.3 is 0 Å². The Balaban J connectivity index is 1.71. The van der Waals surface area contributed by atoms with Crippen molar-refractivity contribution in [1.29, 1.82) is 0 Å². The summed E-state index contributed by atoms with van der Waals surface area (Å²) in [5.41, 5.74) is 7.50. The lowest BCUT2D eigenvalue weighted by atomic mass is 9.86. The van der Waals surface area contributed by atoms with Gasteiger partial charge in [0, 0.05) is 38.4 Å². The summed E-state index contributed by atoms with van der Waals surface area (Å²) < 4.78 is 5.56. The molecule has 4 rings (SSSR count). The number of aromatic nitrogens is 4. The van der Waals surface area contributed by atoms with Crippen molar-refractivity contribution in [1.82, 2.24) is 24.8 Å². The number of ether oxygens (including phenoxy) is 1. The predicted octanol–water partition coefficient (Wildman–Crippen LogP) is 0.236. The summed E-state index contributed by atoms with van der Waals surface area (Å²) >= 11 is 0. The van der Waals surface area contributed by atoms with Crippen molar-refractivity contribution in [2.45, 2.75) is 18.4 Å². The minimum absolute atomic E-state index is 0.155. The highest BCUT2D eigenvalue weighted by Gasteiger charge is 2.41. The summed E-state index contributed by atoms with van der Waals surface area (Å²) in [5, 5.41) is 0. The van der Waals surface area contributed by atoms with Gasteiger partial charge in [-0.15, -0.1) is 0 Å². The SMILES string of the molecule is CN1CCN(c2nc(N)nc3nc[nH]c23)CC12CCOCC2. The molecular weight excluding hydrogens is 282 g/mol. The van der Waals surface area contributed by atoms with Crippen molar-refractivity contribution in [3.63, 3.8) is 0 Å². The summed E-state index contributed by atoms with van der Waals surface area (Å²) in [4.78, 5) is 20.8. The number of rotatable bonds is 1. The maximum Gasteiger partial charge on any atom is 0.224 e. The number of nitrogens with two attached hydrogens (primary N) is 1. The van der Waals surface area contributed by atoms with Crippen LogP contribution in [0, 0.1) is 0 Å². The number of hydrogen-bond acceptors (Lipinski definition) is 7. The van der Waals surface area contributed by atoms with E-state index in [4.69, 9.17) is 10.5 Å². The number of piperazine rings is 1. The average Bonchev–Trinajstić information content (AvgIpc) is 2.98. The molecule has 1 spiro atoms. The topological polar surface area (TPSA) is 96.2 Å². The van der Waals surface area contributed by atoms with Crippen LogP contribution in [0.4, 0.5) is 11.8 Å². The van der Waals surface area contributed by atoms with Crippen molar-refractivity contribution < 1.29 is 4.74 Å². The first-order valence-corrected chi connectivity index (χ1v) is 7.68. The second-order valence-corrected chi connectivity index (χ2v) is 6.19. The Kier molecular flexibility index (Phi) is 3.16. The van der Waals surface area contributed by atoms with E-state index in [1.54, 1.807) is 6.33 Å². The normalized spacial score (nSPS) is 22.5. The van der Waals surface area contributed by atoms with Crippen molar-refractivity contribution >= 4 is 22.9 Å². The quantitative estimate of drug-likeness (QED) is 0.778.